The number of rotatable bonds is 6. The highest BCUT2D eigenvalue weighted by molar-refractivity contribution is 5.85. The Bertz CT molecular complexity index is 1180. The maximum atomic E-state index is 11.8. The number of likely N-dealkylation sites (N-methyl/N-ethyl adjacent to an activating group) is 1. The van der Waals surface area contributed by atoms with Crippen molar-refractivity contribution >= 4 is 16.6 Å². The van der Waals surface area contributed by atoms with Crippen LogP contribution in [0.4, 0.5) is 5.82 Å². The molecular weight excluding hydrogens is 360 g/mol. The number of hydrogen-bond donors (Lipinski definition) is 1. The number of benzene rings is 2. The lowest BCUT2D eigenvalue weighted by atomic mass is 10.0. The molecule has 0 aliphatic rings. The van der Waals surface area contributed by atoms with Gasteiger partial charge in [0.25, 0.3) is 5.56 Å². The minimum absolute atomic E-state index is 0.136. The molecule has 2 aromatic carbocycles. The number of H-pyrrole nitrogens is 1. The van der Waals surface area contributed by atoms with Crippen LogP contribution in [0.5, 0.6) is 0 Å². The number of aromatic amines is 1. The Balaban J connectivity index is 1.49. The van der Waals surface area contributed by atoms with E-state index in [2.05, 4.69) is 62.3 Å². The van der Waals surface area contributed by atoms with Crippen molar-refractivity contribution in [3.8, 4) is 11.4 Å². The number of anilines is 1. The molecule has 2 heterocycles. The third kappa shape index (κ3) is 4.19. The van der Waals surface area contributed by atoms with Gasteiger partial charge >= 0.3 is 0 Å². The van der Waals surface area contributed by atoms with Gasteiger partial charge in [0.05, 0.1) is 0 Å². The van der Waals surface area contributed by atoms with Crippen molar-refractivity contribution in [3.63, 3.8) is 0 Å². The molecule has 0 atom stereocenters. The minimum Gasteiger partial charge on any atom is -0.359 e. The summed E-state index contributed by atoms with van der Waals surface area (Å²) in [5, 5.41) is 2.57. The zero-order valence-electron chi connectivity index (χ0n) is 16.7. The molecule has 2 aromatic heterocycles. The first kappa shape index (κ1) is 18.9. The monoisotopic (exact) mass is 384 g/mol. The molecule has 0 radical (unpaired) electrons. The molecule has 0 bridgehead atoms. The summed E-state index contributed by atoms with van der Waals surface area (Å²) >= 11 is 0. The Morgan fingerprint density at radius 2 is 1.86 bits per heavy atom. The standard InChI is InChI=1S/C24H24N4O/c1-3-20-15-23(29)27-24(26-20)19-11-12-22(25-16-19)28(2)14-13-18-9-6-8-17-7-4-5-10-21(17)18/h4-12,15-16H,3,13-14H2,1-2H3,(H,26,27,29). The lowest BCUT2D eigenvalue weighted by Gasteiger charge is -2.19. The zero-order chi connectivity index (χ0) is 20.2. The highest BCUT2D eigenvalue weighted by Crippen LogP contribution is 2.21. The molecule has 5 heteroatoms. The Kier molecular flexibility index (Phi) is 5.38. The van der Waals surface area contributed by atoms with Gasteiger partial charge in [-0.05, 0) is 41.3 Å². The van der Waals surface area contributed by atoms with E-state index in [1.165, 1.54) is 22.4 Å². The highest BCUT2D eigenvalue weighted by atomic mass is 16.1. The molecule has 29 heavy (non-hydrogen) atoms. The van der Waals surface area contributed by atoms with E-state index < -0.39 is 0 Å². The molecule has 4 aromatic rings. The SMILES string of the molecule is CCc1cc(=O)[nH]c(-c2ccc(N(C)CCc3cccc4ccccc34)nc2)n1. The number of nitrogens with one attached hydrogen (secondary N) is 1. The van der Waals surface area contributed by atoms with Gasteiger partial charge in [0.15, 0.2) is 0 Å². The van der Waals surface area contributed by atoms with Gasteiger partial charge < -0.3 is 9.88 Å². The number of hydrogen-bond acceptors (Lipinski definition) is 4. The molecule has 0 amide bonds. The third-order valence-electron chi connectivity index (χ3n) is 5.17. The Hall–Kier alpha value is -3.47. The van der Waals surface area contributed by atoms with Gasteiger partial charge in [0, 0.05) is 37.1 Å². The van der Waals surface area contributed by atoms with Crippen LogP contribution < -0.4 is 10.5 Å². The van der Waals surface area contributed by atoms with Crippen LogP contribution >= 0.6 is 0 Å². The average molecular weight is 384 g/mol. The summed E-state index contributed by atoms with van der Waals surface area (Å²) in [7, 11) is 2.05. The van der Waals surface area contributed by atoms with Crippen LogP contribution in [-0.2, 0) is 12.8 Å². The zero-order valence-corrected chi connectivity index (χ0v) is 16.7. The number of pyridine rings is 1. The van der Waals surface area contributed by atoms with Crippen LogP contribution in [0.2, 0.25) is 0 Å². The summed E-state index contributed by atoms with van der Waals surface area (Å²) in [4.78, 5) is 25.8. The molecule has 0 fully saturated rings. The topological polar surface area (TPSA) is 61.9 Å². The molecule has 1 N–H and O–H groups in total. The molecule has 0 aliphatic heterocycles. The van der Waals surface area contributed by atoms with E-state index in [1.807, 2.05) is 26.1 Å². The van der Waals surface area contributed by atoms with Gasteiger partial charge in [-0.1, -0.05) is 49.4 Å². The van der Waals surface area contributed by atoms with Crippen molar-refractivity contribution in [3.05, 3.63) is 88.5 Å². The lowest BCUT2D eigenvalue weighted by Crippen LogP contribution is -2.21. The minimum atomic E-state index is -0.136. The van der Waals surface area contributed by atoms with Crippen LogP contribution in [0.1, 0.15) is 18.2 Å². The third-order valence-corrected chi connectivity index (χ3v) is 5.17. The quantitative estimate of drug-likeness (QED) is 0.540. The summed E-state index contributed by atoms with van der Waals surface area (Å²) in [6.07, 6.45) is 3.43. The average Bonchev–Trinajstić information content (AvgIpc) is 2.77. The smallest absolute Gasteiger partial charge is 0.251 e. The second kappa shape index (κ2) is 8.27. The van der Waals surface area contributed by atoms with Crippen LogP contribution in [0.15, 0.2) is 71.7 Å². The van der Waals surface area contributed by atoms with Crippen molar-refractivity contribution in [2.24, 2.45) is 0 Å². The Labute approximate surface area is 170 Å². The van der Waals surface area contributed by atoms with Crippen molar-refractivity contribution in [2.75, 3.05) is 18.5 Å². The Morgan fingerprint density at radius 1 is 1.03 bits per heavy atom. The number of aryl methyl sites for hydroxylation is 1. The second-order valence-electron chi connectivity index (χ2n) is 7.15. The normalized spacial score (nSPS) is 11.0. The Morgan fingerprint density at radius 3 is 2.66 bits per heavy atom. The van der Waals surface area contributed by atoms with Gasteiger partial charge in [-0.15, -0.1) is 0 Å². The van der Waals surface area contributed by atoms with Gasteiger partial charge in [-0.2, -0.15) is 0 Å². The van der Waals surface area contributed by atoms with E-state index in [-0.39, 0.29) is 5.56 Å². The first-order valence-corrected chi connectivity index (χ1v) is 9.88. The van der Waals surface area contributed by atoms with Gasteiger partial charge in [0.2, 0.25) is 0 Å². The number of nitrogens with zero attached hydrogens (tertiary/aromatic N) is 3. The maximum absolute atomic E-state index is 11.8. The van der Waals surface area contributed by atoms with E-state index in [0.29, 0.717) is 5.82 Å². The molecule has 0 aliphatic carbocycles. The highest BCUT2D eigenvalue weighted by Gasteiger charge is 2.08. The molecule has 0 spiro atoms. The predicted molar refractivity (Wildman–Crippen MR) is 118 cm³/mol. The van der Waals surface area contributed by atoms with Gasteiger partial charge in [0.1, 0.15) is 11.6 Å². The van der Waals surface area contributed by atoms with Crippen molar-refractivity contribution in [1.29, 1.82) is 0 Å². The summed E-state index contributed by atoms with van der Waals surface area (Å²) < 4.78 is 0. The molecule has 0 saturated heterocycles. The van der Waals surface area contributed by atoms with E-state index in [0.717, 1.165) is 36.5 Å². The molecular formula is C24H24N4O. The molecule has 4 rings (SSSR count). The van der Waals surface area contributed by atoms with E-state index in [4.69, 9.17) is 0 Å². The molecule has 146 valence electrons. The summed E-state index contributed by atoms with van der Waals surface area (Å²) in [6, 6.07) is 20.4. The first-order chi connectivity index (χ1) is 14.1. The molecule has 0 unspecified atom stereocenters. The van der Waals surface area contributed by atoms with E-state index in [1.54, 1.807) is 6.20 Å². The predicted octanol–water partition coefficient (Wildman–Crippen LogP) is 4.23. The summed E-state index contributed by atoms with van der Waals surface area (Å²) in [6.45, 7) is 2.85. The fourth-order valence-electron chi connectivity index (χ4n) is 3.49. The van der Waals surface area contributed by atoms with Crippen molar-refractivity contribution in [1.82, 2.24) is 15.0 Å². The van der Waals surface area contributed by atoms with Crippen molar-refractivity contribution in [2.45, 2.75) is 19.8 Å². The summed E-state index contributed by atoms with van der Waals surface area (Å²) in [5.41, 5.74) is 2.79. The number of fused-ring (bicyclic) bond motifs is 1. The van der Waals surface area contributed by atoms with Crippen LogP contribution in [0.25, 0.3) is 22.2 Å². The van der Waals surface area contributed by atoms with Crippen molar-refractivity contribution < 1.29 is 0 Å². The largest absolute Gasteiger partial charge is 0.359 e. The van der Waals surface area contributed by atoms with Crippen LogP contribution in [0, 0.1) is 0 Å². The molecule has 5 nitrogen and oxygen atoms in total. The number of aromatic nitrogens is 3. The van der Waals surface area contributed by atoms with E-state index >= 15 is 0 Å². The van der Waals surface area contributed by atoms with Gasteiger partial charge in [-0.3, -0.25) is 4.79 Å². The van der Waals surface area contributed by atoms with Crippen LogP contribution in [0.3, 0.4) is 0 Å². The second-order valence-corrected chi connectivity index (χ2v) is 7.15. The maximum Gasteiger partial charge on any atom is 0.251 e. The van der Waals surface area contributed by atoms with E-state index in [9.17, 15) is 4.79 Å². The molecule has 0 saturated carbocycles. The van der Waals surface area contributed by atoms with Gasteiger partial charge in [-0.25, -0.2) is 9.97 Å². The fourth-order valence-corrected chi connectivity index (χ4v) is 3.49. The van der Waals surface area contributed by atoms with Crippen LogP contribution in [-0.4, -0.2) is 28.5 Å². The first-order valence-electron chi connectivity index (χ1n) is 9.88. The summed E-state index contributed by atoms with van der Waals surface area (Å²) in [5.74, 6) is 1.45. The lowest BCUT2D eigenvalue weighted by molar-refractivity contribution is 0.864. The fraction of sp³-hybridized carbons (Fsp3) is 0.208.